The van der Waals surface area contributed by atoms with Crippen molar-refractivity contribution < 1.29 is 0 Å². The Bertz CT molecular complexity index is 116. The first kappa shape index (κ1) is 12.0. The van der Waals surface area contributed by atoms with Crippen molar-refractivity contribution in [2.75, 3.05) is 0 Å². The molecule has 1 aliphatic rings. The molecule has 3 radical (unpaired) electrons. The molecule has 0 atom stereocenters. The normalized spacial score (nSPS) is 28.5. The van der Waals surface area contributed by atoms with Crippen LogP contribution in [0.1, 0.15) is 0 Å². The van der Waals surface area contributed by atoms with Gasteiger partial charge in [0.2, 0.25) is 27.4 Å². The predicted octanol–water partition coefficient (Wildman–Crippen LogP) is 2.19. The molecule has 1 aliphatic heterocycles. The molecule has 0 amide bonds. The summed E-state index contributed by atoms with van der Waals surface area (Å²) in [6, 6.07) is 0. The van der Waals surface area contributed by atoms with Crippen LogP contribution in [0.4, 0.5) is 0 Å². The highest BCUT2D eigenvalue weighted by atomic mass is 79.9. The Morgan fingerprint density at radius 1 is 0.667 bits per heavy atom. The van der Waals surface area contributed by atoms with E-state index in [1.54, 1.807) is 0 Å². The van der Waals surface area contributed by atoms with Gasteiger partial charge < -0.3 is 0 Å². The molecule has 3 nitrogen and oxygen atoms in total. The summed E-state index contributed by atoms with van der Waals surface area (Å²) in [5.74, 6) is 0. The zero-order chi connectivity index (χ0) is 9.46. The summed E-state index contributed by atoms with van der Waals surface area (Å²) >= 11 is 10.9. The molecule has 0 N–H and O–H groups in total. The molecule has 1 heterocycles. The Labute approximate surface area is 104 Å². The average molecular weight is 411 g/mol. The summed E-state index contributed by atoms with van der Waals surface area (Å²) in [5.41, 5.74) is 0. The van der Waals surface area contributed by atoms with Crippen LogP contribution in [0.3, 0.4) is 0 Å². The van der Waals surface area contributed by atoms with E-state index in [-0.39, 0.29) is 0 Å². The molecular formula is C3H9Br3N3Si3. The zero-order valence-corrected chi connectivity index (χ0v) is 14.7. The van der Waals surface area contributed by atoms with Gasteiger partial charge in [0.15, 0.2) is 0 Å². The van der Waals surface area contributed by atoms with Crippen LogP contribution in [0.25, 0.3) is 0 Å². The SMILES string of the molecule is C[Si]1N(Br)[Si](C)N(Br)[Si](C)N1Br. The number of nitrogens with zero attached hydrogens (tertiary/aromatic N) is 3. The first-order chi connectivity index (χ1) is 5.46. The molecule has 0 bridgehead atoms. The van der Waals surface area contributed by atoms with Gasteiger partial charge in [-0.1, -0.05) is 0 Å². The molecule has 1 saturated heterocycles. The zero-order valence-electron chi connectivity index (χ0n) is 6.98. The van der Waals surface area contributed by atoms with Gasteiger partial charge in [-0.3, -0.25) is 9.77 Å². The van der Waals surface area contributed by atoms with Crippen LogP contribution < -0.4 is 0 Å². The molecule has 69 valence electrons. The third kappa shape index (κ3) is 2.14. The third-order valence-corrected chi connectivity index (χ3v) is 20.2. The third-order valence-electron chi connectivity index (χ3n) is 1.70. The lowest BCUT2D eigenvalue weighted by Gasteiger charge is -2.44. The first-order valence-corrected chi connectivity index (χ1v) is 11.2. The molecular weight excluding hydrogens is 402 g/mol. The number of hydrogen-bond donors (Lipinski definition) is 0. The summed E-state index contributed by atoms with van der Waals surface area (Å²) in [7, 11) is -1.68. The topological polar surface area (TPSA) is 9.72 Å². The van der Waals surface area contributed by atoms with Crippen molar-refractivity contribution in [3.8, 4) is 0 Å². The van der Waals surface area contributed by atoms with E-state index in [9.17, 15) is 0 Å². The van der Waals surface area contributed by atoms with Gasteiger partial charge in [0.05, 0.1) is 0 Å². The van der Waals surface area contributed by atoms with Crippen LogP contribution in [0.15, 0.2) is 0 Å². The van der Waals surface area contributed by atoms with E-state index in [2.05, 4.69) is 77.9 Å². The van der Waals surface area contributed by atoms with Crippen LogP contribution in [0.2, 0.25) is 19.6 Å². The smallest absolute Gasteiger partial charge is 0.234 e. The Balaban J connectivity index is 2.76. The standard InChI is InChI=1S/C3H9Br3N3Si3/c1-10-7(4)11(2)9(6)12(3)8(10)5/h1-3H3. The van der Waals surface area contributed by atoms with Crippen molar-refractivity contribution in [1.29, 1.82) is 0 Å². The van der Waals surface area contributed by atoms with E-state index in [0.29, 0.717) is 0 Å². The number of halogens is 3. The first-order valence-electron chi connectivity index (χ1n) is 3.35. The van der Waals surface area contributed by atoms with E-state index < -0.39 is 27.4 Å². The Kier molecular flexibility index (Phi) is 4.68. The monoisotopic (exact) mass is 408 g/mol. The molecule has 0 aliphatic carbocycles. The fourth-order valence-electron chi connectivity index (χ4n) is 0.934. The van der Waals surface area contributed by atoms with Gasteiger partial charge >= 0.3 is 0 Å². The Morgan fingerprint density at radius 2 is 0.833 bits per heavy atom. The lowest BCUT2D eigenvalue weighted by Crippen LogP contribution is -2.67. The summed E-state index contributed by atoms with van der Waals surface area (Å²) in [5, 5.41) is 0. The molecule has 1 fully saturated rings. The minimum absolute atomic E-state index is 0.559. The molecule has 9 heteroatoms. The molecule has 1 rings (SSSR count). The minimum atomic E-state index is -0.559. The van der Waals surface area contributed by atoms with E-state index in [1.165, 1.54) is 0 Å². The van der Waals surface area contributed by atoms with Crippen molar-refractivity contribution in [1.82, 2.24) is 9.77 Å². The number of rotatable bonds is 0. The average Bonchev–Trinajstić information content (AvgIpc) is 2.08. The maximum absolute atomic E-state index is 3.62. The van der Waals surface area contributed by atoms with Crippen molar-refractivity contribution in [3.05, 3.63) is 0 Å². The maximum Gasteiger partial charge on any atom is 0.234 e. The fraction of sp³-hybridized carbons (Fsp3) is 1.00. The van der Waals surface area contributed by atoms with Crippen LogP contribution in [-0.2, 0) is 0 Å². The largest absolute Gasteiger partial charge is 0.257 e. The highest BCUT2D eigenvalue weighted by Gasteiger charge is 2.42. The minimum Gasteiger partial charge on any atom is -0.257 e. The molecule has 0 saturated carbocycles. The lowest BCUT2D eigenvalue weighted by molar-refractivity contribution is 0.811. The molecule has 0 aromatic rings. The Morgan fingerprint density at radius 3 is 1.00 bits per heavy atom. The quantitative estimate of drug-likeness (QED) is 0.447. The predicted molar refractivity (Wildman–Crippen MR) is 67.2 cm³/mol. The van der Waals surface area contributed by atoms with Crippen LogP contribution >= 0.6 is 48.4 Å². The van der Waals surface area contributed by atoms with Gasteiger partial charge in [0.25, 0.3) is 0 Å². The highest BCUT2D eigenvalue weighted by molar-refractivity contribution is 9.10. The van der Waals surface area contributed by atoms with Gasteiger partial charge in [0.1, 0.15) is 0 Å². The number of hydrogen-bond acceptors (Lipinski definition) is 3. The second-order valence-corrected chi connectivity index (χ2v) is 15.8. The second kappa shape index (κ2) is 4.66. The molecule has 0 unspecified atom stereocenters. The van der Waals surface area contributed by atoms with Crippen LogP contribution in [0, 0.1) is 0 Å². The summed E-state index contributed by atoms with van der Waals surface area (Å²) in [4.78, 5) is 0. The van der Waals surface area contributed by atoms with Gasteiger partial charge in [-0.15, -0.1) is 0 Å². The van der Waals surface area contributed by atoms with Crippen LogP contribution in [-0.4, -0.2) is 37.1 Å². The lowest BCUT2D eigenvalue weighted by atomic mass is 11.9. The molecule has 0 aromatic carbocycles. The second-order valence-electron chi connectivity index (χ2n) is 2.48. The van der Waals surface area contributed by atoms with Gasteiger partial charge in [-0.05, 0) is 68.1 Å². The fourth-order valence-corrected chi connectivity index (χ4v) is 17.1. The van der Waals surface area contributed by atoms with E-state index in [1.807, 2.05) is 0 Å². The van der Waals surface area contributed by atoms with Crippen molar-refractivity contribution in [2.45, 2.75) is 19.6 Å². The highest BCUT2D eigenvalue weighted by Crippen LogP contribution is 2.26. The maximum atomic E-state index is 3.62. The van der Waals surface area contributed by atoms with E-state index >= 15 is 0 Å². The van der Waals surface area contributed by atoms with E-state index in [4.69, 9.17) is 0 Å². The molecule has 0 aromatic heterocycles. The van der Waals surface area contributed by atoms with Crippen molar-refractivity contribution in [3.63, 3.8) is 0 Å². The van der Waals surface area contributed by atoms with Gasteiger partial charge in [-0.25, -0.2) is 0 Å². The van der Waals surface area contributed by atoms with Crippen molar-refractivity contribution in [2.24, 2.45) is 0 Å². The Hall–Kier alpha value is 1.97. The van der Waals surface area contributed by atoms with Crippen molar-refractivity contribution >= 4 is 75.8 Å². The molecule has 12 heavy (non-hydrogen) atoms. The summed E-state index contributed by atoms with van der Waals surface area (Å²) in [6.45, 7) is 6.86. The van der Waals surface area contributed by atoms with Crippen LogP contribution in [0.5, 0.6) is 0 Å². The molecule has 0 spiro atoms. The van der Waals surface area contributed by atoms with E-state index in [0.717, 1.165) is 0 Å². The summed E-state index contributed by atoms with van der Waals surface area (Å²) in [6.07, 6.45) is 0. The summed E-state index contributed by atoms with van der Waals surface area (Å²) < 4.78 is 6.97. The van der Waals surface area contributed by atoms with Gasteiger partial charge in [-0.2, -0.15) is 0 Å². The van der Waals surface area contributed by atoms with Gasteiger partial charge in [0, 0.05) is 0 Å².